The van der Waals surface area contributed by atoms with Crippen LogP contribution >= 0.6 is 48.0 Å². The predicted octanol–water partition coefficient (Wildman–Crippen LogP) is 5.24. The first kappa shape index (κ1) is 28.1. The van der Waals surface area contributed by atoms with Gasteiger partial charge in [0.05, 0.1) is 20.3 Å². The average molecular weight is 512 g/mol. The van der Waals surface area contributed by atoms with E-state index in [1.54, 1.807) is 19.2 Å². The highest BCUT2D eigenvalue weighted by atomic mass is 35.5. The summed E-state index contributed by atoms with van der Waals surface area (Å²) in [5.41, 5.74) is 2.04. The number of nitrogens with one attached hydrogen (secondary N) is 1. The summed E-state index contributed by atoms with van der Waals surface area (Å²) in [5, 5.41) is 4.70. The minimum atomic E-state index is 0. The second-order valence-corrected chi connectivity index (χ2v) is 7.84. The van der Waals surface area contributed by atoms with E-state index in [-0.39, 0.29) is 24.8 Å². The van der Waals surface area contributed by atoms with Gasteiger partial charge in [0, 0.05) is 35.2 Å². The van der Waals surface area contributed by atoms with Crippen LogP contribution in [0.3, 0.4) is 0 Å². The van der Waals surface area contributed by atoms with E-state index in [0.717, 1.165) is 63.5 Å². The van der Waals surface area contributed by atoms with Crippen molar-refractivity contribution in [1.82, 2.24) is 10.2 Å². The van der Waals surface area contributed by atoms with Crippen LogP contribution in [-0.2, 0) is 17.9 Å². The van der Waals surface area contributed by atoms with Crippen molar-refractivity contribution in [3.63, 3.8) is 0 Å². The fraction of sp³-hybridized carbons (Fsp3) is 0.455. The molecule has 2 aromatic carbocycles. The molecule has 0 saturated carbocycles. The number of hydrogen-bond acceptors (Lipinski definition) is 5. The van der Waals surface area contributed by atoms with Crippen molar-refractivity contribution in [2.45, 2.75) is 19.6 Å². The Bertz CT molecular complexity index is 789. The van der Waals surface area contributed by atoms with Gasteiger partial charge in [0.25, 0.3) is 0 Å². The molecule has 2 aromatic rings. The SMILES string of the molecule is COc1cc(CNCCCN2CCOCC2)ccc1OCc1ccc(Cl)cc1Cl.Cl.Cl. The number of rotatable bonds is 10. The molecule has 0 aromatic heterocycles. The predicted molar refractivity (Wildman–Crippen MR) is 132 cm³/mol. The van der Waals surface area contributed by atoms with E-state index in [0.29, 0.717) is 28.2 Å². The lowest BCUT2D eigenvalue weighted by molar-refractivity contribution is 0.0374. The number of halogens is 4. The van der Waals surface area contributed by atoms with Crippen molar-refractivity contribution >= 4 is 48.0 Å². The van der Waals surface area contributed by atoms with E-state index >= 15 is 0 Å². The van der Waals surface area contributed by atoms with Crippen LogP contribution in [0.25, 0.3) is 0 Å². The van der Waals surface area contributed by atoms with E-state index in [1.165, 1.54) is 0 Å². The van der Waals surface area contributed by atoms with E-state index in [2.05, 4.69) is 16.3 Å². The summed E-state index contributed by atoms with van der Waals surface area (Å²) in [6.45, 7) is 7.03. The third-order valence-corrected chi connectivity index (χ3v) is 5.47. The van der Waals surface area contributed by atoms with Crippen molar-refractivity contribution in [2.24, 2.45) is 0 Å². The second-order valence-electron chi connectivity index (χ2n) is 6.99. The maximum atomic E-state index is 6.21. The maximum absolute atomic E-state index is 6.21. The Morgan fingerprint density at radius 1 is 1.03 bits per heavy atom. The first-order valence-corrected chi connectivity index (χ1v) is 10.7. The van der Waals surface area contributed by atoms with Crippen LogP contribution in [-0.4, -0.2) is 51.4 Å². The lowest BCUT2D eigenvalue weighted by Gasteiger charge is -2.26. The normalized spacial score (nSPS) is 13.8. The van der Waals surface area contributed by atoms with Gasteiger partial charge >= 0.3 is 0 Å². The minimum absolute atomic E-state index is 0. The molecule has 1 aliphatic heterocycles. The summed E-state index contributed by atoms with van der Waals surface area (Å²) in [6, 6.07) is 11.4. The van der Waals surface area contributed by atoms with E-state index in [9.17, 15) is 0 Å². The molecule has 1 fully saturated rings. The summed E-state index contributed by atoms with van der Waals surface area (Å²) < 4.78 is 16.8. The van der Waals surface area contributed by atoms with Gasteiger partial charge in [-0.15, -0.1) is 24.8 Å². The zero-order valence-electron chi connectivity index (χ0n) is 17.6. The van der Waals surface area contributed by atoms with Gasteiger partial charge in [0.15, 0.2) is 11.5 Å². The van der Waals surface area contributed by atoms with Crippen LogP contribution in [0.4, 0.5) is 0 Å². The second kappa shape index (κ2) is 15.0. The van der Waals surface area contributed by atoms with Gasteiger partial charge in [-0.1, -0.05) is 35.3 Å². The maximum Gasteiger partial charge on any atom is 0.161 e. The van der Waals surface area contributed by atoms with Crippen molar-refractivity contribution < 1.29 is 14.2 Å². The zero-order chi connectivity index (χ0) is 20.5. The first-order valence-electron chi connectivity index (χ1n) is 9.90. The lowest BCUT2D eigenvalue weighted by Crippen LogP contribution is -2.37. The standard InChI is InChI=1S/C22H28Cl2N2O3.2ClH/c1-27-22-13-17(15-25-7-2-8-26-9-11-28-12-10-26)3-6-21(22)29-16-18-4-5-19(23)14-20(18)24;;/h3-6,13-14,25H,2,7-12,15-16H2,1H3;2*1H. The van der Waals surface area contributed by atoms with Gasteiger partial charge in [-0.2, -0.15) is 0 Å². The molecule has 5 nitrogen and oxygen atoms in total. The summed E-state index contributed by atoms with van der Waals surface area (Å²) in [7, 11) is 1.65. The smallest absolute Gasteiger partial charge is 0.161 e. The van der Waals surface area contributed by atoms with Gasteiger partial charge in [0.2, 0.25) is 0 Å². The molecule has 9 heteroatoms. The molecule has 0 atom stereocenters. The molecule has 1 aliphatic rings. The Labute approximate surface area is 207 Å². The van der Waals surface area contributed by atoms with Crippen LogP contribution in [0.2, 0.25) is 10.0 Å². The molecule has 31 heavy (non-hydrogen) atoms. The van der Waals surface area contributed by atoms with Crippen molar-refractivity contribution in [3.8, 4) is 11.5 Å². The Morgan fingerprint density at radius 3 is 2.52 bits per heavy atom. The molecule has 1 N–H and O–H groups in total. The molecule has 1 heterocycles. The molecule has 0 amide bonds. The van der Waals surface area contributed by atoms with Gasteiger partial charge in [-0.3, -0.25) is 4.90 Å². The largest absolute Gasteiger partial charge is 0.493 e. The number of methoxy groups -OCH3 is 1. The summed E-state index contributed by atoms with van der Waals surface area (Å²) in [6.07, 6.45) is 1.13. The molecular formula is C22H30Cl4N2O3. The average Bonchev–Trinajstić information content (AvgIpc) is 2.74. The van der Waals surface area contributed by atoms with Gasteiger partial charge < -0.3 is 19.5 Å². The van der Waals surface area contributed by atoms with Crippen LogP contribution in [0, 0.1) is 0 Å². The molecule has 174 valence electrons. The highest BCUT2D eigenvalue weighted by molar-refractivity contribution is 6.35. The van der Waals surface area contributed by atoms with Crippen molar-refractivity contribution in [1.29, 1.82) is 0 Å². The Morgan fingerprint density at radius 2 is 1.81 bits per heavy atom. The summed E-state index contributed by atoms with van der Waals surface area (Å²) in [5.74, 6) is 1.40. The molecule has 0 radical (unpaired) electrons. The van der Waals surface area contributed by atoms with Crippen LogP contribution in [0.15, 0.2) is 36.4 Å². The summed E-state index contributed by atoms with van der Waals surface area (Å²) >= 11 is 12.2. The van der Waals surface area contributed by atoms with Crippen LogP contribution in [0.5, 0.6) is 11.5 Å². The number of ether oxygens (including phenoxy) is 3. The number of morpholine rings is 1. The van der Waals surface area contributed by atoms with Crippen molar-refractivity contribution in [3.05, 3.63) is 57.6 Å². The van der Waals surface area contributed by atoms with E-state index < -0.39 is 0 Å². The fourth-order valence-corrected chi connectivity index (χ4v) is 3.68. The molecule has 1 saturated heterocycles. The number of nitrogens with zero attached hydrogens (tertiary/aromatic N) is 1. The molecule has 3 rings (SSSR count). The Balaban J connectivity index is 0.00000240. The van der Waals surface area contributed by atoms with Crippen molar-refractivity contribution in [2.75, 3.05) is 46.5 Å². The van der Waals surface area contributed by atoms with Gasteiger partial charge in [-0.25, -0.2) is 0 Å². The minimum Gasteiger partial charge on any atom is -0.493 e. The molecule has 0 bridgehead atoms. The van der Waals surface area contributed by atoms with Crippen LogP contribution < -0.4 is 14.8 Å². The number of benzene rings is 2. The monoisotopic (exact) mass is 510 g/mol. The first-order chi connectivity index (χ1) is 14.2. The molecule has 0 aliphatic carbocycles. The van der Waals surface area contributed by atoms with Gasteiger partial charge in [0.1, 0.15) is 6.61 Å². The highest BCUT2D eigenvalue weighted by Crippen LogP contribution is 2.30. The Hall–Kier alpha value is -0.920. The third-order valence-electron chi connectivity index (χ3n) is 4.89. The van der Waals surface area contributed by atoms with Gasteiger partial charge in [-0.05, 0) is 49.3 Å². The molecular weight excluding hydrogens is 482 g/mol. The quantitative estimate of drug-likeness (QED) is 0.442. The third kappa shape index (κ3) is 9.22. The lowest BCUT2D eigenvalue weighted by atomic mass is 10.2. The molecule has 0 spiro atoms. The highest BCUT2D eigenvalue weighted by Gasteiger charge is 2.10. The van der Waals surface area contributed by atoms with E-state index in [1.807, 2.05) is 18.2 Å². The summed E-state index contributed by atoms with van der Waals surface area (Å²) in [4.78, 5) is 2.45. The fourth-order valence-electron chi connectivity index (χ4n) is 3.22. The zero-order valence-corrected chi connectivity index (χ0v) is 20.7. The number of hydrogen-bond donors (Lipinski definition) is 1. The Kier molecular flexibility index (Phi) is 13.6. The van der Waals surface area contributed by atoms with Crippen LogP contribution in [0.1, 0.15) is 17.5 Å². The topological polar surface area (TPSA) is 43.0 Å². The van der Waals surface area contributed by atoms with E-state index in [4.69, 9.17) is 37.4 Å². The molecule has 0 unspecified atom stereocenters.